The van der Waals surface area contributed by atoms with Gasteiger partial charge in [-0.15, -0.1) is 5.10 Å². The van der Waals surface area contributed by atoms with Gasteiger partial charge in [-0.25, -0.2) is 5.10 Å². The number of nitrogens with one attached hydrogen (secondary N) is 2. The first kappa shape index (κ1) is 19.9. The van der Waals surface area contributed by atoms with E-state index in [1.165, 1.54) is 6.07 Å². The highest BCUT2D eigenvalue weighted by Crippen LogP contribution is 2.43. The Morgan fingerprint density at radius 1 is 1.18 bits per heavy atom. The molecule has 3 aromatic rings. The van der Waals surface area contributed by atoms with Crippen molar-refractivity contribution in [1.82, 2.24) is 15.2 Å². The van der Waals surface area contributed by atoms with Crippen molar-refractivity contribution in [2.75, 3.05) is 11.1 Å². The van der Waals surface area contributed by atoms with E-state index in [0.29, 0.717) is 0 Å². The molecule has 8 nitrogen and oxygen atoms in total. The summed E-state index contributed by atoms with van der Waals surface area (Å²) in [4.78, 5) is 3.28. The van der Waals surface area contributed by atoms with Gasteiger partial charge in [-0.05, 0) is 29.8 Å². The first-order valence-electron chi connectivity index (χ1n) is 7.39. The molecule has 1 heterocycles. The van der Waals surface area contributed by atoms with Gasteiger partial charge >= 0.3 is 6.18 Å². The van der Waals surface area contributed by atoms with Crippen LogP contribution in [0.2, 0.25) is 5.02 Å². The third-order valence-corrected chi connectivity index (χ3v) is 4.76. The molecule has 0 aliphatic heterocycles. The van der Waals surface area contributed by atoms with Crippen molar-refractivity contribution in [3.8, 4) is 11.1 Å². The minimum Gasteiger partial charge on any atom is -0.368 e. The lowest BCUT2D eigenvalue weighted by Crippen LogP contribution is -2.09. The van der Waals surface area contributed by atoms with Crippen molar-refractivity contribution in [3.63, 3.8) is 0 Å². The molecule has 0 fully saturated rings. The number of benzene rings is 2. The van der Waals surface area contributed by atoms with Gasteiger partial charge in [0.05, 0.1) is 15.5 Å². The van der Waals surface area contributed by atoms with Crippen LogP contribution >= 0.6 is 11.6 Å². The number of H-pyrrole nitrogens is 1. The summed E-state index contributed by atoms with van der Waals surface area (Å²) in [5, 5.41) is 8.31. The summed E-state index contributed by atoms with van der Waals surface area (Å²) in [7, 11) is -4.48. The van der Waals surface area contributed by atoms with E-state index in [1.54, 1.807) is 0 Å². The quantitative estimate of drug-likeness (QED) is 0.460. The number of hydrogen-bond acceptors (Lipinski definition) is 6. The summed E-state index contributed by atoms with van der Waals surface area (Å²) in [6.07, 6.45) is -4.77. The monoisotopic (exact) mass is 433 g/mol. The van der Waals surface area contributed by atoms with E-state index in [0.717, 1.165) is 30.3 Å². The van der Waals surface area contributed by atoms with Crippen LogP contribution < -0.4 is 11.1 Å². The molecule has 0 spiro atoms. The van der Waals surface area contributed by atoms with Crippen LogP contribution in [0, 0.1) is 0 Å². The Bertz CT molecular complexity index is 1130. The molecule has 28 heavy (non-hydrogen) atoms. The van der Waals surface area contributed by atoms with Gasteiger partial charge < -0.3 is 11.1 Å². The topological polar surface area (TPSA) is 134 Å². The average molecular weight is 434 g/mol. The maximum absolute atomic E-state index is 13.6. The predicted octanol–water partition coefficient (Wildman–Crippen LogP) is 3.72. The number of alkyl halides is 3. The summed E-state index contributed by atoms with van der Waals surface area (Å²) in [5.74, 6) is -0.0767. The van der Waals surface area contributed by atoms with Crippen LogP contribution in [-0.2, 0) is 16.3 Å². The highest BCUT2D eigenvalue weighted by Gasteiger charge is 2.35. The Morgan fingerprint density at radius 3 is 2.32 bits per heavy atom. The number of nitrogens with two attached hydrogens (primary N) is 1. The number of halogens is 4. The van der Waals surface area contributed by atoms with Crippen LogP contribution in [0.25, 0.3) is 11.1 Å². The Labute approximate surface area is 161 Å². The number of aromatic nitrogens is 3. The summed E-state index contributed by atoms with van der Waals surface area (Å²) in [6, 6.07) is 6.22. The van der Waals surface area contributed by atoms with Crippen LogP contribution in [0.3, 0.4) is 0 Å². The molecule has 0 aliphatic rings. The highest BCUT2D eigenvalue weighted by atomic mass is 35.5. The molecule has 13 heteroatoms. The highest BCUT2D eigenvalue weighted by molar-refractivity contribution is 7.85. The third-order valence-electron chi connectivity index (χ3n) is 3.60. The third kappa shape index (κ3) is 4.18. The van der Waals surface area contributed by atoms with Gasteiger partial charge in [-0.1, -0.05) is 23.7 Å². The molecule has 3 rings (SSSR count). The van der Waals surface area contributed by atoms with Crippen molar-refractivity contribution >= 4 is 39.3 Å². The maximum Gasteiger partial charge on any atom is 0.417 e. The molecule has 0 amide bonds. The van der Waals surface area contributed by atoms with E-state index in [1.807, 2.05) is 0 Å². The van der Waals surface area contributed by atoms with E-state index in [2.05, 4.69) is 20.5 Å². The zero-order valence-corrected chi connectivity index (χ0v) is 15.2. The Kier molecular flexibility index (Phi) is 4.95. The van der Waals surface area contributed by atoms with Crippen molar-refractivity contribution in [1.29, 1.82) is 0 Å². The summed E-state index contributed by atoms with van der Waals surface area (Å²) in [5.41, 5.74) is 3.93. The fourth-order valence-electron chi connectivity index (χ4n) is 2.45. The average Bonchev–Trinajstić information content (AvgIpc) is 2.98. The largest absolute Gasteiger partial charge is 0.417 e. The van der Waals surface area contributed by atoms with Gasteiger partial charge in [-0.2, -0.15) is 26.6 Å². The fraction of sp³-hybridized carbons (Fsp3) is 0.0667. The SMILES string of the molecule is Nc1nc(Nc2cc(Cl)c(-c3ccc(S(=O)(=O)O)cc3)c(C(F)(F)F)c2)n[nH]1. The molecule has 0 aliphatic carbocycles. The Hall–Kier alpha value is -2.83. The first-order valence-corrected chi connectivity index (χ1v) is 9.20. The Balaban J connectivity index is 2.10. The van der Waals surface area contributed by atoms with Gasteiger partial charge in [0.15, 0.2) is 0 Å². The van der Waals surface area contributed by atoms with E-state index < -0.39 is 26.8 Å². The number of aromatic amines is 1. The lowest BCUT2D eigenvalue weighted by atomic mass is 9.98. The maximum atomic E-state index is 13.6. The summed E-state index contributed by atoms with van der Waals surface area (Å²) in [6.45, 7) is 0. The van der Waals surface area contributed by atoms with E-state index in [4.69, 9.17) is 21.9 Å². The number of anilines is 3. The standard InChI is InChI=1S/C15H11ClF3N5O3S/c16-11-6-8(21-14-22-13(20)23-24-14)5-10(15(17,18)19)12(11)7-1-3-9(4-2-7)28(25,26)27/h1-6H,(H,25,26,27)(H4,20,21,22,23,24). The minimum absolute atomic E-state index is 0.0124. The van der Waals surface area contributed by atoms with Crippen LogP contribution in [-0.4, -0.2) is 28.2 Å². The lowest BCUT2D eigenvalue weighted by molar-refractivity contribution is -0.137. The summed E-state index contributed by atoms with van der Waals surface area (Å²) < 4.78 is 72.1. The molecular formula is C15H11ClF3N5O3S. The number of hydrogen-bond donors (Lipinski definition) is 4. The second kappa shape index (κ2) is 6.96. The first-order chi connectivity index (χ1) is 12.9. The van der Waals surface area contributed by atoms with Crippen molar-refractivity contribution in [2.24, 2.45) is 0 Å². The van der Waals surface area contributed by atoms with Crippen molar-refractivity contribution in [3.05, 3.63) is 47.0 Å². The Morgan fingerprint density at radius 2 is 1.82 bits per heavy atom. The second-order valence-corrected chi connectivity index (χ2v) is 7.38. The molecule has 0 bridgehead atoms. The van der Waals surface area contributed by atoms with E-state index in [-0.39, 0.29) is 33.7 Å². The van der Waals surface area contributed by atoms with Crippen LogP contribution in [0.4, 0.5) is 30.8 Å². The van der Waals surface area contributed by atoms with Crippen LogP contribution in [0.5, 0.6) is 0 Å². The molecule has 0 saturated carbocycles. The minimum atomic E-state index is -4.77. The van der Waals surface area contributed by atoms with Gasteiger partial charge in [0.1, 0.15) is 0 Å². The fourth-order valence-corrected chi connectivity index (χ4v) is 3.26. The van der Waals surface area contributed by atoms with E-state index in [9.17, 15) is 21.6 Å². The van der Waals surface area contributed by atoms with Crippen molar-refractivity contribution < 1.29 is 26.1 Å². The second-order valence-electron chi connectivity index (χ2n) is 5.55. The zero-order chi connectivity index (χ0) is 20.7. The van der Waals surface area contributed by atoms with Crippen LogP contribution in [0.1, 0.15) is 5.56 Å². The normalized spacial score (nSPS) is 12.2. The number of nitrogens with zero attached hydrogens (tertiary/aromatic N) is 2. The molecule has 0 saturated heterocycles. The number of rotatable bonds is 4. The van der Waals surface area contributed by atoms with Gasteiger partial charge in [-0.3, -0.25) is 4.55 Å². The predicted molar refractivity (Wildman–Crippen MR) is 95.8 cm³/mol. The molecule has 0 atom stereocenters. The van der Waals surface area contributed by atoms with Crippen molar-refractivity contribution in [2.45, 2.75) is 11.1 Å². The molecule has 148 valence electrons. The number of nitrogen functional groups attached to an aromatic ring is 1. The molecule has 0 radical (unpaired) electrons. The van der Waals surface area contributed by atoms with Gasteiger partial charge in [0.25, 0.3) is 10.1 Å². The molecular weight excluding hydrogens is 423 g/mol. The van der Waals surface area contributed by atoms with Crippen LogP contribution in [0.15, 0.2) is 41.3 Å². The molecule has 1 aromatic heterocycles. The smallest absolute Gasteiger partial charge is 0.368 e. The van der Waals surface area contributed by atoms with Gasteiger partial charge in [0.2, 0.25) is 11.9 Å². The molecule has 2 aromatic carbocycles. The molecule has 0 unspecified atom stereocenters. The van der Waals surface area contributed by atoms with Gasteiger partial charge in [0, 0.05) is 11.3 Å². The lowest BCUT2D eigenvalue weighted by Gasteiger charge is -2.17. The van der Waals surface area contributed by atoms with E-state index >= 15 is 0 Å². The molecule has 5 N–H and O–H groups in total. The zero-order valence-electron chi connectivity index (χ0n) is 13.6. The summed E-state index contributed by atoms with van der Waals surface area (Å²) >= 11 is 6.10.